The highest BCUT2D eigenvalue weighted by Crippen LogP contribution is 2.39. The highest BCUT2D eigenvalue weighted by atomic mass is 32.1. The molecule has 1 amide bonds. The molecule has 1 aromatic heterocycles. The van der Waals surface area contributed by atoms with Crippen molar-refractivity contribution in [2.24, 2.45) is 5.73 Å². The van der Waals surface area contributed by atoms with Gasteiger partial charge in [-0.2, -0.15) is 5.26 Å². The molecule has 1 saturated heterocycles. The molecule has 2 heterocycles. The fourth-order valence-electron chi connectivity index (χ4n) is 2.80. The fourth-order valence-corrected chi connectivity index (χ4v) is 4.04. The number of hydrogen-bond acceptors (Lipinski definition) is 5. The van der Waals surface area contributed by atoms with Gasteiger partial charge in [-0.25, -0.2) is 0 Å². The fraction of sp³-hybridized carbons (Fsp3) is 0.571. The van der Waals surface area contributed by atoms with E-state index in [4.69, 9.17) is 10.5 Å². The molecule has 0 spiro atoms. The molecular weight excluding hydrogens is 274 g/mol. The molecule has 0 bridgehead atoms. The third-order valence-corrected chi connectivity index (χ3v) is 5.30. The molecule has 1 aliphatic heterocycles. The number of carbonyl (C=O) groups is 1. The van der Waals surface area contributed by atoms with Crippen molar-refractivity contribution in [3.8, 4) is 6.07 Å². The van der Waals surface area contributed by atoms with Crippen molar-refractivity contribution in [1.82, 2.24) is 0 Å². The summed E-state index contributed by atoms with van der Waals surface area (Å²) in [7, 11) is 0. The minimum absolute atomic E-state index is 0.197. The Morgan fingerprint density at radius 1 is 1.40 bits per heavy atom. The minimum atomic E-state index is -0.876. The molecular formula is C14H17N3O2S. The van der Waals surface area contributed by atoms with Crippen molar-refractivity contribution in [3.05, 3.63) is 16.0 Å². The Kier molecular flexibility index (Phi) is 3.50. The lowest BCUT2D eigenvalue weighted by atomic mass is 9.90. The maximum atomic E-state index is 12.4. The standard InChI is InChI=1S/C14H17N3O2S/c15-8-10-9-2-1-3-11(9)20-12(10)17-13(18)14(16)4-6-19-7-5-14/h1-7,16H2,(H,17,18). The van der Waals surface area contributed by atoms with Crippen LogP contribution in [0.15, 0.2) is 0 Å². The second-order valence-electron chi connectivity index (χ2n) is 5.40. The Balaban J connectivity index is 1.81. The summed E-state index contributed by atoms with van der Waals surface area (Å²) < 4.78 is 5.25. The lowest BCUT2D eigenvalue weighted by Crippen LogP contribution is -2.54. The SMILES string of the molecule is N#Cc1c(NC(=O)C2(N)CCOCC2)sc2c1CCC2. The first-order chi connectivity index (χ1) is 9.64. The molecule has 2 aliphatic rings. The number of ether oxygens (including phenoxy) is 1. The average molecular weight is 291 g/mol. The number of amides is 1. The molecule has 3 rings (SSSR count). The number of carbonyl (C=O) groups excluding carboxylic acids is 1. The van der Waals surface area contributed by atoms with E-state index in [-0.39, 0.29) is 5.91 Å². The summed E-state index contributed by atoms with van der Waals surface area (Å²) >= 11 is 1.52. The van der Waals surface area contributed by atoms with Gasteiger partial charge in [-0.15, -0.1) is 11.3 Å². The molecule has 0 atom stereocenters. The number of fused-ring (bicyclic) bond motifs is 1. The van der Waals surface area contributed by atoms with Crippen LogP contribution in [0.5, 0.6) is 0 Å². The predicted octanol–water partition coefficient (Wildman–Crippen LogP) is 1.55. The van der Waals surface area contributed by atoms with Gasteiger partial charge in [-0.1, -0.05) is 0 Å². The number of anilines is 1. The van der Waals surface area contributed by atoms with E-state index in [0.717, 1.165) is 24.8 Å². The summed E-state index contributed by atoms with van der Waals surface area (Å²) in [6.45, 7) is 1.02. The van der Waals surface area contributed by atoms with Crippen LogP contribution < -0.4 is 11.1 Å². The zero-order chi connectivity index (χ0) is 14.2. The number of rotatable bonds is 2. The summed E-state index contributed by atoms with van der Waals surface area (Å²) in [5.74, 6) is -0.197. The lowest BCUT2D eigenvalue weighted by molar-refractivity contribution is -0.124. The summed E-state index contributed by atoms with van der Waals surface area (Å²) in [4.78, 5) is 13.6. The van der Waals surface area contributed by atoms with Crippen LogP contribution in [-0.4, -0.2) is 24.7 Å². The average Bonchev–Trinajstić information content (AvgIpc) is 2.99. The van der Waals surface area contributed by atoms with Crippen LogP contribution >= 0.6 is 11.3 Å². The first kappa shape index (κ1) is 13.6. The predicted molar refractivity (Wildman–Crippen MR) is 76.7 cm³/mol. The molecule has 20 heavy (non-hydrogen) atoms. The van der Waals surface area contributed by atoms with E-state index >= 15 is 0 Å². The molecule has 0 aromatic carbocycles. The highest BCUT2D eigenvalue weighted by Gasteiger charge is 2.37. The third-order valence-electron chi connectivity index (χ3n) is 4.10. The molecule has 1 fully saturated rings. The molecule has 5 nitrogen and oxygen atoms in total. The van der Waals surface area contributed by atoms with Crippen molar-refractivity contribution in [2.75, 3.05) is 18.5 Å². The number of nitrogens with zero attached hydrogens (tertiary/aromatic N) is 1. The van der Waals surface area contributed by atoms with E-state index in [2.05, 4.69) is 11.4 Å². The minimum Gasteiger partial charge on any atom is -0.381 e. The quantitative estimate of drug-likeness (QED) is 0.865. The number of hydrogen-bond donors (Lipinski definition) is 2. The topological polar surface area (TPSA) is 88.1 Å². The van der Waals surface area contributed by atoms with Crippen molar-refractivity contribution in [3.63, 3.8) is 0 Å². The normalized spacial score (nSPS) is 20.2. The smallest absolute Gasteiger partial charge is 0.245 e. The molecule has 0 radical (unpaired) electrons. The van der Waals surface area contributed by atoms with Gasteiger partial charge in [-0.3, -0.25) is 4.79 Å². The van der Waals surface area contributed by atoms with Crippen molar-refractivity contribution in [1.29, 1.82) is 5.26 Å². The van der Waals surface area contributed by atoms with E-state index in [0.29, 0.717) is 36.6 Å². The molecule has 106 valence electrons. The van der Waals surface area contributed by atoms with Gasteiger partial charge >= 0.3 is 0 Å². The largest absolute Gasteiger partial charge is 0.381 e. The Bertz CT molecular complexity index is 582. The van der Waals surface area contributed by atoms with Crippen LogP contribution in [0.1, 0.15) is 35.3 Å². The zero-order valence-corrected chi connectivity index (χ0v) is 12.0. The summed E-state index contributed by atoms with van der Waals surface area (Å²) in [6.07, 6.45) is 4.08. The van der Waals surface area contributed by atoms with E-state index in [9.17, 15) is 10.1 Å². The molecule has 1 aromatic rings. The highest BCUT2D eigenvalue weighted by molar-refractivity contribution is 7.16. The number of nitriles is 1. The van der Waals surface area contributed by atoms with E-state index in [1.54, 1.807) is 0 Å². The molecule has 0 unspecified atom stereocenters. The number of aryl methyl sites for hydroxylation is 1. The Morgan fingerprint density at radius 3 is 2.85 bits per heavy atom. The van der Waals surface area contributed by atoms with Gasteiger partial charge in [0.2, 0.25) is 5.91 Å². The monoisotopic (exact) mass is 291 g/mol. The van der Waals surface area contributed by atoms with Crippen molar-refractivity contribution >= 4 is 22.2 Å². The van der Waals surface area contributed by atoms with E-state index in [1.807, 2.05) is 0 Å². The van der Waals surface area contributed by atoms with Crippen LogP contribution in [0.3, 0.4) is 0 Å². The van der Waals surface area contributed by atoms with E-state index < -0.39 is 5.54 Å². The van der Waals surface area contributed by atoms with Crippen LogP contribution in [0.4, 0.5) is 5.00 Å². The molecule has 1 aliphatic carbocycles. The van der Waals surface area contributed by atoms with E-state index in [1.165, 1.54) is 16.2 Å². The maximum absolute atomic E-state index is 12.4. The van der Waals surface area contributed by atoms with Crippen molar-refractivity contribution in [2.45, 2.75) is 37.6 Å². The Morgan fingerprint density at radius 2 is 2.15 bits per heavy atom. The molecule has 0 saturated carbocycles. The summed E-state index contributed by atoms with van der Waals surface area (Å²) in [6, 6.07) is 2.23. The number of nitrogens with one attached hydrogen (secondary N) is 1. The third kappa shape index (κ3) is 2.22. The van der Waals surface area contributed by atoms with Crippen molar-refractivity contribution < 1.29 is 9.53 Å². The van der Waals surface area contributed by atoms with Crippen LogP contribution in [-0.2, 0) is 22.4 Å². The van der Waals surface area contributed by atoms with Gasteiger partial charge in [0.15, 0.2) is 0 Å². The van der Waals surface area contributed by atoms with Gasteiger partial charge in [0.1, 0.15) is 16.6 Å². The van der Waals surface area contributed by atoms with Gasteiger partial charge in [0.05, 0.1) is 5.56 Å². The molecule has 6 heteroatoms. The first-order valence-corrected chi connectivity index (χ1v) is 7.68. The first-order valence-electron chi connectivity index (χ1n) is 6.87. The van der Waals surface area contributed by atoms with Crippen LogP contribution in [0, 0.1) is 11.3 Å². The van der Waals surface area contributed by atoms with Gasteiger partial charge < -0.3 is 15.8 Å². The zero-order valence-electron chi connectivity index (χ0n) is 11.2. The van der Waals surface area contributed by atoms with Crippen LogP contribution in [0.25, 0.3) is 0 Å². The maximum Gasteiger partial charge on any atom is 0.245 e. The Labute approximate surface area is 121 Å². The molecule has 3 N–H and O–H groups in total. The Hall–Kier alpha value is -1.42. The summed E-state index contributed by atoms with van der Waals surface area (Å²) in [5, 5.41) is 12.9. The second-order valence-corrected chi connectivity index (χ2v) is 6.50. The van der Waals surface area contributed by atoms with Crippen LogP contribution in [0.2, 0.25) is 0 Å². The number of nitrogens with two attached hydrogens (primary N) is 1. The number of thiophene rings is 1. The van der Waals surface area contributed by atoms with Gasteiger partial charge in [-0.05, 0) is 37.7 Å². The summed E-state index contributed by atoms with van der Waals surface area (Å²) in [5.41, 5.74) is 7.03. The lowest BCUT2D eigenvalue weighted by Gasteiger charge is -2.31. The van der Waals surface area contributed by atoms with Gasteiger partial charge in [0.25, 0.3) is 0 Å². The van der Waals surface area contributed by atoms with Gasteiger partial charge in [0, 0.05) is 18.1 Å². The second kappa shape index (κ2) is 5.17.